The maximum Gasteiger partial charge on any atom is 0.273 e. The molecular weight excluding hydrogens is 372 g/mol. The molecule has 0 spiro atoms. The predicted molar refractivity (Wildman–Crippen MR) is 104 cm³/mol. The van der Waals surface area contributed by atoms with Crippen LogP contribution < -0.4 is 10.1 Å². The minimum atomic E-state index is -0.337. The van der Waals surface area contributed by atoms with E-state index in [4.69, 9.17) is 13.8 Å². The van der Waals surface area contributed by atoms with Crippen molar-refractivity contribution in [2.45, 2.75) is 6.42 Å². The van der Waals surface area contributed by atoms with Crippen molar-refractivity contribution in [2.75, 3.05) is 13.7 Å². The lowest BCUT2D eigenvalue weighted by Gasteiger charge is -2.00. The molecule has 0 fully saturated rings. The Bertz CT molecular complexity index is 1090. The van der Waals surface area contributed by atoms with Crippen molar-refractivity contribution >= 4 is 5.91 Å². The summed E-state index contributed by atoms with van der Waals surface area (Å²) in [7, 11) is 1.60. The third-order valence-electron chi connectivity index (χ3n) is 4.24. The molecule has 0 saturated heterocycles. The minimum Gasteiger partial charge on any atom is -0.497 e. The molecule has 1 amide bonds. The van der Waals surface area contributed by atoms with Crippen molar-refractivity contribution < 1.29 is 18.6 Å². The summed E-state index contributed by atoms with van der Waals surface area (Å²) in [5.41, 5.74) is 1.88. The van der Waals surface area contributed by atoms with E-state index in [2.05, 4.69) is 20.6 Å². The van der Waals surface area contributed by atoms with Crippen LogP contribution in [0.4, 0.5) is 0 Å². The van der Waals surface area contributed by atoms with Crippen LogP contribution in [0.3, 0.4) is 0 Å². The van der Waals surface area contributed by atoms with Gasteiger partial charge in [0.25, 0.3) is 5.91 Å². The number of hydrogen-bond acceptors (Lipinski definition) is 7. The van der Waals surface area contributed by atoms with Gasteiger partial charge in [-0.1, -0.05) is 40.6 Å². The third kappa shape index (κ3) is 4.32. The van der Waals surface area contributed by atoms with Crippen LogP contribution in [-0.4, -0.2) is 34.9 Å². The molecule has 0 atom stereocenters. The van der Waals surface area contributed by atoms with E-state index in [1.54, 1.807) is 13.2 Å². The van der Waals surface area contributed by atoms with Gasteiger partial charge in [-0.25, -0.2) is 0 Å². The number of rotatable bonds is 7. The van der Waals surface area contributed by atoms with E-state index in [0.29, 0.717) is 30.4 Å². The molecule has 0 bridgehead atoms. The topological polar surface area (TPSA) is 103 Å². The fourth-order valence-electron chi connectivity index (χ4n) is 2.71. The number of ether oxygens (including phenoxy) is 1. The smallest absolute Gasteiger partial charge is 0.273 e. The summed E-state index contributed by atoms with van der Waals surface area (Å²) >= 11 is 0. The lowest BCUT2D eigenvalue weighted by Crippen LogP contribution is -2.26. The van der Waals surface area contributed by atoms with Crippen molar-refractivity contribution in [1.29, 1.82) is 0 Å². The monoisotopic (exact) mass is 390 g/mol. The van der Waals surface area contributed by atoms with Gasteiger partial charge in [-0.15, -0.1) is 0 Å². The first-order valence-electron chi connectivity index (χ1n) is 9.00. The first-order valence-corrected chi connectivity index (χ1v) is 9.00. The van der Waals surface area contributed by atoms with Gasteiger partial charge in [0.1, 0.15) is 5.75 Å². The fraction of sp³-hybridized carbons (Fsp3) is 0.143. The van der Waals surface area contributed by atoms with Gasteiger partial charge in [0.15, 0.2) is 11.5 Å². The lowest BCUT2D eigenvalue weighted by atomic mass is 10.1. The molecule has 146 valence electrons. The van der Waals surface area contributed by atoms with Gasteiger partial charge < -0.3 is 19.1 Å². The van der Waals surface area contributed by atoms with Crippen molar-refractivity contribution in [3.8, 4) is 28.5 Å². The first-order chi connectivity index (χ1) is 14.2. The van der Waals surface area contributed by atoms with E-state index in [-0.39, 0.29) is 11.6 Å². The van der Waals surface area contributed by atoms with Crippen LogP contribution in [0.25, 0.3) is 22.7 Å². The van der Waals surface area contributed by atoms with Crippen molar-refractivity contribution in [3.05, 3.63) is 72.2 Å². The molecule has 1 N–H and O–H groups in total. The van der Waals surface area contributed by atoms with Crippen molar-refractivity contribution in [2.24, 2.45) is 0 Å². The summed E-state index contributed by atoms with van der Waals surface area (Å²) < 4.78 is 15.6. The maximum atomic E-state index is 12.3. The molecule has 8 nitrogen and oxygen atoms in total. The summed E-state index contributed by atoms with van der Waals surface area (Å²) in [6.45, 7) is 0.333. The number of nitrogens with zero attached hydrogens (tertiary/aromatic N) is 3. The Hall–Kier alpha value is -3.94. The zero-order chi connectivity index (χ0) is 20.1. The fourth-order valence-corrected chi connectivity index (χ4v) is 2.71. The molecular formula is C21H18N4O4. The second-order valence-corrected chi connectivity index (χ2v) is 6.19. The van der Waals surface area contributed by atoms with Crippen molar-refractivity contribution in [1.82, 2.24) is 20.6 Å². The highest BCUT2D eigenvalue weighted by atomic mass is 16.5. The molecule has 8 heteroatoms. The largest absolute Gasteiger partial charge is 0.497 e. The minimum absolute atomic E-state index is 0.200. The number of benzene rings is 2. The van der Waals surface area contributed by atoms with Crippen LogP contribution in [-0.2, 0) is 6.42 Å². The molecule has 0 unspecified atom stereocenters. The van der Waals surface area contributed by atoms with Crippen molar-refractivity contribution in [3.63, 3.8) is 0 Å². The van der Waals surface area contributed by atoms with E-state index in [1.807, 2.05) is 54.6 Å². The summed E-state index contributed by atoms with van der Waals surface area (Å²) in [6.07, 6.45) is 0.411. The summed E-state index contributed by atoms with van der Waals surface area (Å²) in [5.74, 6) is 1.87. The first kappa shape index (κ1) is 18.4. The SMILES string of the molecule is COc1ccc(-c2cc(C(=O)NCCc3nc(-c4ccccc4)no3)no2)cc1. The van der Waals surface area contributed by atoms with Gasteiger partial charge in [0.05, 0.1) is 7.11 Å². The maximum absolute atomic E-state index is 12.3. The predicted octanol–water partition coefficient (Wildman–Crippen LogP) is 3.37. The molecule has 0 radical (unpaired) electrons. The van der Waals surface area contributed by atoms with E-state index < -0.39 is 0 Å². The summed E-state index contributed by atoms with van der Waals surface area (Å²) in [5, 5.41) is 10.6. The zero-order valence-electron chi connectivity index (χ0n) is 15.7. The lowest BCUT2D eigenvalue weighted by molar-refractivity contribution is 0.0944. The Balaban J connectivity index is 1.32. The summed E-state index contributed by atoms with van der Waals surface area (Å²) in [4.78, 5) is 16.6. The Morgan fingerprint density at radius 1 is 1.00 bits per heavy atom. The molecule has 2 aromatic carbocycles. The molecule has 2 heterocycles. The standard InChI is InChI=1S/C21H18N4O4/c1-27-16-9-7-14(8-10-16)18-13-17(24-28-18)21(26)22-12-11-19-23-20(25-29-19)15-5-3-2-4-6-15/h2-10,13H,11-12H2,1H3,(H,22,26). The van der Waals surface area contributed by atoms with E-state index in [9.17, 15) is 4.79 Å². The number of methoxy groups -OCH3 is 1. The molecule has 2 aromatic heterocycles. The Kier molecular flexibility index (Phi) is 5.33. The highest BCUT2D eigenvalue weighted by Crippen LogP contribution is 2.23. The number of carbonyl (C=O) groups is 1. The Morgan fingerprint density at radius 3 is 2.55 bits per heavy atom. The second-order valence-electron chi connectivity index (χ2n) is 6.19. The van der Waals surface area contributed by atoms with Gasteiger partial charge in [0, 0.05) is 30.2 Å². The molecule has 29 heavy (non-hydrogen) atoms. The van der Waals surface area contributed by atoms with Gasteiger partial charge in [0.2, 0.25) is 11.7 Å². The van der Waals surface area contributed by atoms with E-state index in [0.717, 1.165) is 16.9 Å². The van der Waals surface area contributed by atoms with Gasteiger partial charge >= 0.3 is 0 Å². The van der Waals surface area contributed by atoms with Gasteiger partial charge in [-0.3, -0.25) is 4.79 Å². The normalized spacial score (nSPS) is 10.7. The Labute approximate surface area is 166 Å². The summed E-state index contributed by atoms with van der Waals surface area (Å²) in [6, 6.07) is 18.4. The quantitative estimate of drug-likeness (QED) is 0.516. The van der Waals surface area contributed by atoms with Crippen LogP contribution >= 0.6 is 0 Å². The number of amides is 1. The van der Waals surface area contributed by atoms with Crippen LogP contribution in [0.1, 0.15) is 16.4 Å². The molecule has 0 saturated carbocycles. The van der Waals surface area contributed by atoms with Gasteiger partial charge in [-0.05, 0) is 24.3 Å². The van der Waals surface area contributed by atoms with Crippen LogP contribution in [0.15, 0.2) is 69.7 Å². The number of nitrogens with one attached hydrogen (secondary N) is 1. The average molecular weight is 390 g/mol. The highest BCUT2D eigenvalue weighted by Gasteiger charge is 2.14. The average Bonchev–Trinajstić information content (AvgIpc) is 3.45. The van der Waals surface area contributed by atoms with E-state index in [1.165, 1.54) is 0 Å². The third-order valence-corrected chi connectivity index (χ3v) is 4.24. The van der Waals surface area contributed by atoms with E-state index >= 15 is 0 Å². The van der Waals surface area contributed by atoms with Gasteiger partial charge in [-0.2, -0.15) is 4.98 Å². The molecule has 4 aromatic rings. The molecule has 0 aliphatic rings. The highest BCUT2D eigenvalue weighted by molar-refractivity contribution is 5.93. The molecule has 0 aliphatic heterocycles. The Morgan fingerprint density at radius 2 is 1.79 bits per heavy atom. The second kappa shape index (κ2) is 8.39. The van der Waals surface area contributed by atoms with Crippen LogP contribution in [0, 0.1) is 0 Å². The molecule has 4 rings (SSSR count). The number of hydrogen-bond donors (Lipinski definition) is 1. The van der Waals surface area contributed by atoms with Crippen LogP contribution in [0.5, 0.6) is 5.75 Å². The zero-order valence-corrected chi connectivity index (χ0v) is 15.7. The molecule has 0 aliphatic carbocycles. The number of carbonyl (C=O) groups excluding carboxylic acids is 1. The number of aromatic nitrogens is 3. The van der Waals surface area contributed by atoms with Crippen LogP contribution in [0.2, 0.25) is 0 Å².